The zero-order valence-corrected chi connectivity index (χ0v) is 16.9. The topological polar surface area (TPSA) is 53.5 Å². The Kier molecular flexibility index (Phi) is 4.52. The van der Waals surface area contributed by atoms with Crippen LogP contribution in [0, 0.1) is 0 Å². The van der Waals surface area contributed by atoms with E-state index in [4.69, 9.17) is 4.98 Å². The molecule has 136 valence electrons. The monoisotopic (exact) mass is 433 g/mol. The van der Waals surface area contributed by atoms with Crippen LogP contribution in [0.1, 0.15) is 11.3 Å². The van der Waals surface area contributed by atoms with Crippen LogP contribution < -0.4 is 9.80 Å². The number of anilines is 2. The summed E-state index contributed by atoms with van der Waals surface area (Å²) in [5, 5.41) is 0. The summed E-state index contributed by atoms with van der Waals surface area (Å²) >= 11 is 3.57. The van der Waals surface area contributed by atoms with Gasteiger partial charge in [-0.2, -0.15) is 0 Å². The van der Waals surface area contributed by atoms with Gasteiger partial charge in [-0.15, -0.1) is 0 Å². The highest BCUT2D eigenvalue weighted by atomic mass is 79.9. The third-order valence-corrected chi connectivity index (χ3v) is 6.80. The summed E-state index contributed by atoms with van der Waals surface area (Å²) in [5.74, 6) is 1.03. The van der Waals surface area contributed by atoms with E-state index >= 15 is 0 Å². The van der Waals surface area contributed by atoms with Crippen molar-refractivity contribution in [3.63, 3.8) is 0 Å². The lowest BCUT2D eigenvalue weighted by Crippen LogP contribution is -2.46. The Balaban J connectivity index is 1.43. The smallest absolute Gasteiger partial charge is 0.175 e. The zero-order chi connectivity index (χ0) is 18.3. The molecular weight excluding hydrogens is 414 g/mol. The average Bonchev–Trinajstić information content (AvgIpc) is 3.02. The van der Waals surface area contributed by atoms with Crippen molar-refractivity contribution >= 4 is 41.8 Å². The molecule has 0 N–H and O–H groups in total. The second-order valence-electron chi connectivity index (χ2n) is 6.66. The Morgan fingerprint density at radius 2 is 1.62 bits per heavy atom. The van der Waals surface area contributed by atoms with Crippen molar-refractivity contribution in [2.75, 3.05) is 42.2 Å². The SMILES string of the molecule is CS(=O)(=O)c1ccc(N2CCN(c3ccc4c(n3)CC=C4Br)CC2)cc1. The Labute approximate surface area is 162 Å². The summed E-state index contributed by atoms with van der Waals surface area (Å²) < 4.78 is 24.3. The van der Waals surface area contributed by atoms with Gasteiger partial charge in [0, 0.05) is 54.6 Å². The highest BCUT2D eigenvalue weighted by Gasteiger charge is 2.21. The highest BCUT2D eigenvalue weighted by Crippen LogP contribution is 2.32. The van der Waals surface area contributed by atoms with Gasteiger partial charge in [-0.05, 0) is 36.4 Å². The average molecular weight is 434 g/mol. The molecule has 1 fully saturated rings. The summed E-state index contributed by atoms with van der Waals surface area (Å²) in [5.41, 5.74) is 3.39. The first-order valence-corrected chi connectivity index (χ1v) is 11.3. The van der Waals surface area contributed by atoms with Crippen LogP contribution in [0.3, 0.4) is 0 Å². The van der Waals surface area contributed by atoms with E-state index in [1.807, 2.05) is 12.1 Å². The van der Waals surface area contributed by atoms with E-state index in [0.717, 1.165) is 54.3 Å². The maximum absolute atomic E-state index is 11.6. The standard InChI is InChI=1S/C19H20BrN3O2S/c1-26(24,25)15-4-2-14(3-5-15)22-10-12-23(13-11-22)19-9-6-16-17(20)7-8-18(16)21-19/h2-7,9H,8,10-13H2,1H3. The van der Waals surface area contributed by atoms with Gasteiger partial charge in [0.25, 0.3) is 0 Å². The molecule has 0 amide bonds. The van der Waals surface area contributed by atoms with Gasteiger partial charge in [-0.1, -0.05) is 22.0 Å². The molecule has 5 nitrogen and oxygen atoms in total. The van der Waals surface area contributed by atoms with Gasteiger partial charge in [0.05, 0.1) is 10.6 Å². The summed E-state index contributed by atoms with van der Waals surface area (Å²) in [6.07, 6.45) is 4.27. The molecule has 0 spiro atoms. The molecule has 1 aromatic carbocycles. The minimum absolute atomic E-state index is 0.363. The van der Waals surface area contributed by atoms with E-state index in [-0.39, 0.29) is 0 Å². The quantitative estimate of drug-likeness (QED) is 0.743. The first-order valence-electron chi connectivity index (χ1n) is 8.58. The lowest BCUT2D eigenvalue weighted by atomic mass is 10.2. The minimum atomic E-state index is -3.15. The fourth-order valence-electron chi connectivity index (χ4n) is 3.43. The minimum Gasteiger partial charge on any atom is -0.368 e. The van der Waals surface area contributed by atoms with Crippen molar-refractivity contribution in [1.29, 1.82) is 0 Å². The molecule has 7 heteroatoms. The van der Waals surface area contributed by atoms with Crippen molar-refractivity contribution in [2.45, 2.75) is 11.3 Å². The maximum atomic E-state index is 11.6. The largest absolute Gasteiger partial charge is 0.368 e. The summed E-state index contributed by atoms with van der Waals surface area (Å²) in [6, 6.07) is 11.4. The van der Waals surface area contributed by atoms with Crippen molar-refractivity contribution in [1.82, 2.24) is 4.98 Å². The third-order valence-electron chi connectivity index (χ3n) is 4.93. The number of benzene rings is 1. The second-order valence-corrected chi connectivity index (χ2v) is 9.53. The van der Waals surface area contributed by atoms with Gasteiger partial charge in [-0.25, -0.2) is 13.4 Å². The molecular formula is C19H20BrN3O2S. The van der Waals surface area contributed by atoms with Crippen LogP contribution in [0.4, 0.5) is 11.5 Å². The van der Waals surface area contributed by atoms with Gasteiger partial charge in [0.2, 0.25) is 0 Å². The normalized spacial score (nSPS) is 17.2. The Hall–Kier alpha value is -1.86. The summed E-state index contributed by atoms with van der Waals surface area (Å²) in [7, 11) is -3.15. The number of aromatic nitrogens is 1. The van der Waals surface area contributed by atoms with Crippen LogP contribution in [0.25, 0.3) is 4.48 Å². The molecule has 1 aliphatic heterocycles. The predicted molar refractivity (Wildman–Crippen MR) is 109 cm³/mol. The van der Waals surface area contributed by atoms with Gasteiger partial charge in [0.15, 0.2) is 9.84 Å². The third kappa shape index (κ3) is 3.38. The number of allylic oxidation sites excluding steroid dienone is 1. The lowest BCUT2D eigenvalue weighted by molar-refractivity contribution is 0.602. The lowest BCUT2D eigenvalue weighted by Gasteiger charge is -2.37. The molecule has 4 rings (SSSR count). The molecule has 2 heterocycles. The number of hydrogen-bond donors (Lipinski definition) is 0. The van der Waals surface area contributed by atoms with E-state index in [2.05, 4.69) is 43.9 Å². The van der Waals surface area contributed by atoms with Crippen LogP contribution in [0.2, 0.25) is 0 Å². The number of piperazine rings is 1. The summed E-state index contributed by atoms with van der Waals surface area (Å²) in [6.45, 7) is 3.57. The molecule has 1 aromatic heterocycles. The van der Waals surface area contributed by atoms with Crippen molar-refractivity contribution in [3.8, 4) is 0 Å². The zero-order valence-electron chi connectivity index (χ0n) is 14.5. The molecule has 0 radical (unpaired) electrons. The van der Waals surface area contributed by atoms with Gasteiger partial charge < -0.3 is 9.80 Å². The van der Waals surface area contributed by atoms with Crippen LogP contribution >= 0.6 is 15.9 Å². The van der Waals surface area contributed by atoms with Crippen molar-refractivity contribution in [3.05, 3.63) is 53.7 Å². The van der Waals surface area contributed by atoms with E-state index in [1.54, 1.807) is 12.1 Å². The Morgan fingerprint density at radius 1 is 0.962 bits per heavy atom. The molecule has 0 atom stereocenters. The van der Waals surface area contributed by atoms with Crippen LogP contribution in [0.5, 0.6) is 0 Å². The van der Waals surface area contributed by atoms with E-state index in [0.29, 0.717) is 4.90 Å². The molecule has 1 aliphatic carbocycles. The van der Waals surface area contributed by atoms with E-state index < -0.39 is 9.84 Å². The number of rotatable bonds is 3. The molecule has 0 bridgehead atoms. The molecule has 0 unspecified atom stereocenters. The van der Waals surface area contributed by atoms with Crippen molar-refractivity contribution < 1.29 is 8.42 Å². The highest BCUT2D eigenvalue weighted by molar-refractivity contribution is 9.15. The predicted octanol–water partition coefficient (Wildman–Crippen LogP) is 3.10. The molecule has 2 aromatic rings. The second kappa shape index (κ2) is 6.70. The first-order chi connectivity index (χ1) is 12.4. The molecule has 0 saturated carbocycles. The molecule has 26 heavy (non-hydrogen) atoms. The first kappa shape index (κ1) is 17.5. The fourth-order valence-corrected chi connectivity index (χ4v) is 4.59. The Morgan fingerprint density at radius 3 is 2.27 bits per heavy atom. The van der Waals surface area contributed by atoms with E-state index in [1.165, 1.54) is 11.8 Å². The van der Waals surface area contributed by atoms with Crippen LogP contribution in [-0.2, 0) is 16.3 Å². The van der Waals surface area contributed by atoms with Gasteiger partial charge in [-0.3, -0.25) is 0 Å². The molecule has 1 saturated heterocycles. The number of pyridine rings is 1. The maximum Gasteiger partial charge on any atom is 0.175 e. The fraction of sp³-hybridized carbons (Fsp3) is 0.316. The number of nitrogens with zero attached hydrogens (tertiary/aromatic N) is 3. The number of fused-ring (bicyclic) bond motifs is 1. The van der Waals surface area contributed by atoms with Gasteiger partial charge >= 0.3 is 0 Å². The van der Waals surface area contributed by atoms with E-state index in [9.17, 15) is 8.42 Å². The number of sulfone groups is 1. The number of hydrogen-bond acceptors (Lipinski definition) is 5. The summed E-state index contributed by atoms with van der Waals surface area (Å²) in [4.78, 5) is 9.78. The number of halogens is 1. The van der Waals surface area contributed by atoms with Crippen molar-refractivity contribution in [2.24, 2.45) is 0 Å². The Bertz CT molecular complexity index is 963. The molecule has 2 aliphatic rings. The van der Waals surface area contributed by atoms with Crippen LogP contribution in [0.15, 0.2) is 47.4 Å². The van der Waals surface area contributed by atoms with Gasteiger partial charge in [0.1, 0.15) is 5.82 Å². The van der Waals surface area contributed by atoms with Crippen LogP contribution in [-0.4, -0.2) is 45.8 Å².